The Kier molecular flexibility index (Phi) is 6.30. The van der Waals surface area contributed by atoms with Gasteiger partial charge in [-0.15, -0.1) is 0 Å². The molecule has 7 rings (SSSR count). The molecule has 6 aliphatic rings. The SMILES string of the molecule is C[C@@H]1CCCN([C@H]2C[C@@H](N3C(=O)C4(CCN(C5COC5)CC4)c4ccc(B5OC(C)(C)C(C)(C)O5)cc43)C2)C1. The van der Waals surface area contributed by atoms with Crippen molar-refractivity contribution in [2.24, 2.45) is 5.92 Å². The van der Waals surface area contributed by atoms with E-state index >= 15 is 0 Å². The second-order valence-electron chi connectivity index (χ2n) is 14.4. The number of ether oxygens (including phenoxy) is 1. The average Bonchev–Trinajstić information content (AvgIpc) is 3.19. The van der Waals surface area contributed by atoms with E-state index in [2.05, 4.69) is 67.5 Å². The van der Waals surface area contributed by atoms with Crippen LogP contribution in [0.15, 0.2) is 18.2 Å². The van der Waals surface area contributed by atoms with Crippen molar-refractivity contribution in [1.82, 2.24) is 9.80 Å². The van der Waals surface area contributed by atoms with Crippen LogP contribution < -0.4 is 10.4 Å². The number of anilines is 1. The third-order valence-corrected chi connectivity index (χ3v) is 11.4. The second-order valence-corrected chi connectivity index (χ2v) is 14.4. The highest BCUT2D eigenvalue weighted by Gasteiger charge is 2.57. The lowest BCUT2D eigenvalue weighted by Gasteiger charge is -2.49. The van der Waals surface area contributed by atoms with E-state index in [1.165, 1.54) is 31.5 Å². The number of carbonyl (C=O) groups excluding carboxylic acids is 1. The van der Waals surface area contributed by atoms with Crippen molar-refractivity contribution in [1.29, 1.82) is 0 Å². The number of nitrogens with zero attached hydrogens (tertiary/aromatic N) is 3. The number of hydrogen-bond acceptors (Lipinski definition) is 6. The molecule has 5 aliphatic heterocycles. The minimum absolute atomic E-state index is 0.282. The van der Waals surface area contributed by atoms with Gasteiger partial charge in [-0.2, -0.15) is 0 Å². The van der Waals surface area contributed by atoms with E-state index in [1.54, 1.807) is 0 Å². The molecule has 1 aromatic carbocycles. The van der Waals surface area contributed by atoms with E-state index in [0.29, 0.717) is 18.0 Å². The highest BCUT2D eigenvalue weighted by atomic mass is 16.7. The largest absolute Gasteiger partial charge is 0.494 e. The lowest BCUT2D eigenvalue weighted by molar-refractivity contribution is -0.128. The number of carbonyl (C=O) groups is 1. The first kappa shape index (κ1) is 26.5. The summed E-state index contributed by atoms with van der Waals surface area (Å²) in [5, 5.41) is 0. The molecule has 1 amide bonds. The fourth-order valence-corrected chi connectivity index (χ4v) is 7.91. The van der Waals surface area contributed by atoms with Gasteiger partial charge in [0.25, 0.3) is 0 Å². The molecule has 1 aliphatic carbocycles. The van der Waals surface area contributed by atoms with E-state index in [-0.39, 0.29) is 6.04 Å². The van der Waals surface area contributed by atoms with Crippen LogP contribution in [-0.2, 0) is 24.3 Å². The molecule has 8 heteroatoms. The standard InChI is InChI=1S/C31H46BN3O4/c1-21-7-6-12-34(18-21)23-16-24(17-23)35-27-15-22(32-38-29(2,3)30(4,5)39-32)8-9-26(27)31(28(35)36)10-13-33(14-11-31)25-19-37-20-25/h8-9,15,21,23-25H,6-7,10-14,16-20H2,1-5H3/t21-,23-,24+/m1/s1. The molecule has 5 heterocycles. The number of piperidine rings is 2. The van der Waals surface area contributed by atoms with Gasteiger partial charge in [-0.25, -0.2) is 0 Å². The Morgan fingerprint density at radius 3 is 2.21 bits per heavy atom. The molecule has 0 radical (unpaired) electrons. The predicted octanol–water partition coefficient (Wildman–Crippen LogP) is 3.33. The Balaban J connectivity index is 1.17. The Labute approximate surface area is 234 Å². The van der Waals surface area contributed by atoms with Crippen LogP contribution in [0.25, 0.3) is 0 Å². The van der Waals surface area contributed by atoms with Crippen LogP contribution in [0.5, 0.6) is 0 Å². The third kappa shape index (κ3) is 4.15. The second kappa shape index (κ2) is 9.28. The Morgan fingerprint density at radius 2 is 1.59 bits per heavy atom. The molecule has 4 saturated heterocycles. The summed E-state index contributed by atoms with van der Waals surface area (Å²) in [6.07, 6.45) is 6.60. The average molecular weight is 536 g/mol. The van der Waals surface area contributed by atoms with Gasteiger partial charge in [0.15, 0.2) is 0 Å². The summed E-state index contributed by atoms with van der Waals surface area (Å²) in [4.78, 5) is 22.0. The van der Waals surface area contributed by atoms with Gasteiger partial charge in [0.05, 0.1) is 35.9 Å². The third-order valence-electron chi connectivity index (χ3n) is 11.4. The van der Waals surface area contributed by atoms with Gasteiger partial charge >= 0.3 is 7.12 Å². The van der Waals surface area contributed by atoms with Gasteiger partial charge in [-0.3, -0.25) is 14.6 Å². The maximum Gasteiger partial charge on any atom is 0.494 e. The fourth-order valence-electron chi connectivity index (χ4n) is 7.91. The first-order valence-electron chi connectivity index (χ1n) is 15.5. The molecule has 7 nitrogen and oxygen atoms in total. The van der Waals surface area contributed by atoms with Crippen molar-refractivity contribution in [2.45, 2.75) is 108 Å². The molecular formula is C31H46BN3O4. The Bertz CT molecular complexity index is 1110. The summed E-state index contributed by atoms with van der Waals surface area (Å²) in [5.74, 6) is 1.12. The molecule has 1 atom stereocenters. The molecule has 0 aromatic heterocycles. The molecule has 1 aromatic rings. The summed E-state index contributed by atoms with van der Waals surface area (Å²) in [6.45, 7) is 16.8. The maximum absolute atomic E-state index is 14.5. The minimum Gasteiger partial charge on any atom is -0.399 e. The van der Waals surface area contributed by atoms with Crippen LogP contribution in [-0.4, -0.2) is 91.5 Å². The van der Waals surface area contributed by atoms with E-state index in [9.17, 15) is 4.79 Å². The monoisotopic (exact) mass is 535 g/mol. The van der Waals surface area contributed by atoms with Crippen LogP contribution in [0, 0.1) is 5.92 Å². The van der Waals surface area contributed by atoms with Crippen molar-refractivity contribution in [3.8, 4) is 0 Å². The fraction of sp³-hybridized carbons (Fsp3) is 0.774. The molecule has 1 spiro atoms. The molecule has 0 bridgehead atoms. The van der Waals surface area contributed by atoms with Crippen molar-refractivity contribution in [2.75, 3.05) is 44.3 Å². The Hall–Kier alpha value is -1.45. The summed E-state index contributed by atoms with van der Waals surface area (Å²) < 4.78 is 18.3. The summed E-state index contributed by atoms with van der Waals surface area (Å²) in [7, 11) is -0.418. The predicted molar refractivity (Wildman–Crippen MR) is 154 cm³/mol. The van der Waals surface area contributed by atoms with Crippen molar-refractivity contribution in [3.05, 3.63) is 23.8 Å². The van der Waals surface area contributed by atoms with Crippen LogP contribution in [0.2, 0.25) is 0 Å². The first-order valence-corrected chi connectivity index (χ1v) is 15.5. The molecular weight excluding hydrogens is 489 g/mol. The lowest BCUT2D eigenvalue weighted by Crippen LogP contribution is -2.60. The topological polar surface area (TPSA) is 54.5 Å². The van der Waals surface area contributed by atoms with E-state index in [1.807, 2.05) is 0 Å². The van der Waals surface area contributed by atoms with Gasteiger partial charge in [0, 0.05) is 24.3 Å². The first-order chi connectivity index (χ1) is 18.6. The van der Waals surface area contributed by atoms with E-state index in [4.69, 9.17) is 14.0 Å². The van der Waals surface area contributed by atoms with Gasteiger partial charge in [-0.05, 0) is 109 Å². The molecule has 39 heavy (non-hydrogen) atoms. The van der Waals surface area contributed by atoms with Gasteiger partial charge < -0.3 is 18.9 Å². The van der Waals surface area contributed by atoms with Crippen LogP contribution >= 0.6 is 0 Å². The van der Waals surface area contributed by atoms with Gasteiger partial charge in [-0.1, -0.05) is 19.1 Å². The highest BCUT2D eigenvalue weighted by molar-refractivity contribution is 6.62. The minimum atomic E-state index is -0.418. The summed E-state index contributed by atoms with van der Waals surface area (Å²) >= 11 is 0. The molecule has 5 fully saturated rings. The van der Waals surface area contributed by atoms with E-state index < -0.39 is 23.7 Å². The zero-order valence-electron chi connectivity index (χ0n) is 24.6. The smallest absolute Gasteiger partial charge is 0.399 e. The van der Waals surface area contributed by atoms with E-state index in [0.717, 1.165) is 69.1 Å². The zero-order valence-corrected chi connectivity index (χ0v) is 24.6. The van der Waals surface area contributed by atoms with Gasteiger partial charge in [0.2, 0.25) is 5.91 Å². The number of hydrogen-bond donors (Lipinski definition) is 0. The number of rotatable bonds is 4. The zero-order chi connectivity index (χ0) is 27.2. The number of likely N-dealkylation sites (tertiary alicyclic amines) is 2. The van der Waals surface area contributed by atoms with Crippen LogP contribution in [0.3, 0.4) is 0 Å². The number of benzene rings is 1. The highest BCUT2D eigenvalue weighted by Crippen LogP contribution is 2.51. The lowest BCUT2D eigenvalue weighted by atomic mass is 9.71. The quantitative estimate of drug-likeness (QED) is 0.552. The molecule has 0 unspecified atom stereocenters. The van der Waals surface area contributed by atoms with Crippen LogP contribution in [0.1, 0.15) is 78.7 Å². The number of fused-ring (bicyclic) bond motifs is 2. The normalized spacial score (nSPS) is 34.3. The molecule has 212 valence electrons. The number of amides is 1. The van der Waals surface area contributed by atoms with Crippen molar-refractivity contribution in [3.63, 3.8) is 0 Å². The maximum atomic E-state index is 14.5. The summed E-state index contributed by atoms with van der Waals surface area (Å²) in [6, 6.07) is 8.04. The summed E-state index contributed by atoms with van der Waals surface area (Å²) in [5.41, 5.74) is 2.18. The van der Waals surface area contributed by atoms with Crippen molar-refractivity contribution >= 4 is 24.2 Å². The van der Waals surface area contributed by atoms with Crippen molar-refractivity contribution < 1.29 is 18.8 Å². The molecule has 0 N–H and O–H groups in total. The molecule has 1 saturated carbocycles. The van der Waals surface area contributed by atoms with Gasteiger partial charge in [0.1, 0.15) is 0 Å². The Morgan fingerprint density at radius 1 is 0.897 bits per heavy atom. The van der Waals surface area contributed by atoms with Crippen LogP contribution in [0.4, 0.5) is 5.69 Å².